The van der Waals surface area contributed by atoms with E-state index >= 15 is 0 Å². The van der Waals surface area contributed by atoms with Crippen molar-refractivity contribution < 1.29 is 9.90 Å². The highest BCUT2D eigenvalue weighted by Crippen LogP contribution is 2.13. The van der Waals surface area contributed by atoms with Gasteiger partial charge in [0.2, 0.25) is 0 Å². The zero-order valence-corrected chi connectivity index (χ0v) is 11.8. The van der Waals surface area contributed by atoms with Crippen molar-refractivity contribution in [3.8, 4) is 0 Å². The van der Waals surface area contributed by atoms with Crippen LogP contribution in [0.4, 0.5) is 0 Å². The van der Waals surface area contributed by atoms with Crippen molar-refractivity contribution in [3.63, 3.8) is 0 Å². The fourth-order valence-electron chi connectivity index (χ4n) is 1.72. The maximum atomic E-state index is 11.8. The molecule has 1 heterocycles. The molecule has 1 atom stereocenters. The minimum Gasteiger partial charge on any atom is -0.387 e. The van der Waals surface area contributed by atoms with Crippen molar-refractivity contribution in [2.45, 2.75) is 13.0 Å². The fraction of sp³-hybridized carbons (Fsp3) is 0.200. The molecule has 1 amide bonds. The zero-order chi connectivity index (χ0) is 14.5. The number of carbonyl (C=O) groups is 1. The maximum Gasteiger partial charge on any atom is 0.270 e. The molecule has 0 aliphatic carbocycles. The minimum atomic E-state index is -0.751. The van der Waals surface area contributed by atoms with Crippen molar-refractivity contribution in [3.05, 3.63) is 64.4 Å². The molecule has 0 saturated heterocycles. The Morgan fingerprint density at radius 3 is 2.70 bits per heavy atom. The number of hydrogen-bond donors (Lipinski definition) is 2. The number of pyridine rings is 1. The molecule has 0 aliphatic rings. The molecule has 4 nitrogen and oxygen atoms in total. The number of hydrogen-bond acceptors (Lipinski definition) is 3. The first-order valence-corrected chi connectivity index (χ1v) is 6.58. The van der Waals surface area contributed by atoms with E-state index in [0.717, 1.165) is 11.1 Å². The van der Waals surface area contributed by atoms with Crippen LogP contribution in [0.15, 0.2) is 42.6 Å². The average Bonchev–Trinajstić information content (AvgIpc) is 2.45. The van der Waals surface area contributed by atoms with Crippen LogP contribution in [0.5, 0.6) is 0 Å². The van der Waals surface area contributed by atoms with Crippen LogP contribution in [0.3, 0.4) is 0 Å². The topological polar surface area (TPSA) is 62.2 Å². The van der Waals surface area contributed by atoms with Crippen LogP contribution in [-0.4, -0.2) is 22.5 Å². The van der Waals surface area contributed by atoms with Crippen molar-refractivity contribution in [2.75, 3.05) is 6.54 Å². The molecule has 0 bridgehead atoms. The molecule has 2 rings (SSSR count). The second-order valence-corrected chi connectivity index (χ2v) is 4.93. The van der Waals surface area contributed by atoms with E-state index in [1.54, 1.807) is 6.07 Å². The number of halogens is 1. The summed E-state index contributed by atoms with van der Waals surface area (Å²) in [5, 5.41) is 13.1. The molecule has 2 N–H and O–H groups in total. The third-order valence-electron chi connectivity index (χ3n) is 2.87. The Hall–Kier alpha value is -1.91. The molecule has 0 saturated carbocycles. The highest BCUT2D eigenvalue weighted by atomic mass is 35.5. The standard InChI is InChI=1S/C15H15ClN2O2/c1-10-2-4-11(5-3-10)14(19)9-18-15(20)13-8-12(16)6-7-17-13/h2-8,14,19H,9H2,1H3,(H,18,20). The Kier molecular flexibility index (Phi) is 4.71. The molecule has 0 fully saturated rings. The second kappa shape index (κ2) is 6.50. The molecule has 5 heteroatoms. The Labute approximate surface area is 122 Å². The summed E-state index contributed by atoms with van der Waals surface area (Å²) in [4.78, 5) is 15.8. The van der Waals surface area contributed by atoms with E-state index in [4.69, 9.17) is 11.6 Å². The van der Waals surface area contributed by atoms with Crippen LogP contribution in [0.2, 0.25) is 5.02 Å². The first kappa shape index (κ1) is 14.5. The number of rotatable bonds is 4. The van der Waals surface area contributed by atoms with Crippen molar-refractivity contribution in [1.29, 1.82) is 0 Å². The molecule has 2 aromatic rings. The smallest absolute Gasteiger partial charge is 0.270 e. The van der Waals surface area contributed by atoms with Gasteiger partial charge in [-0.15, -0.1) is 0 Å². The lowest BCUT2D eigenvalue weighted by molar-refractivity contribution is 0.0911. The van der Waals surface area contributed by atoms with Gasteiger partial charge in [-0.1, -0.05) is 41.4 Å². The molecule has 1 unspecified atom stereocenters. The predicted molar refractivity (Wildman–Crippen MR) is 77.7 cm³/mol. The molecule has 0 spiro atoms. The highest BCUT2D eigenvalue weighted by molar-refractivity contribution is 6.30. The summed E-state index contributed by atoms with van der Waals surface area (Å²) >= 11 is 5.79. The highest BCUT2D eigenvalue weighted by Gasteiger charge is 2.11. The summed E-state index contributed by atoms with van der Waals surface area (Å²) < 4.78 is 0. The van der Waals surface area contributed by atoms with Crippen LogP contribution >= 0.6 is 11.6 Å². The quantitative estimate of drug-likeness (QED) is 0.909. The molecule has 0 radical (unpaired) electrons. The Bertz CT molecular complexity index is 599. The minimum absolute atomic E-state index is 0.121. The van der Waals surface area contributed by atoms with Crippen molar-refractivity contribution in [2.24, 2.45) is 0 Å². The Morgan fingerprint density at radius 1 is 1.35 bits per heavy atom. The van der Waals surface area contributed by atoms with Crippen molar-refractivity contribution in [1.82, 2.24) is 10.3 Å². The SMILES string of the molecule is Cc1ccc(C(O)CNC(=O)c2cc(Cl)ccn2)cc1. The predicted octanol–water partition coefficient (Wildman–Crippen LogP) is 2.51. The molecule has 0 aliphatic heterocycles. The van der Waals surface area contributed by atoms with Gasteiger partial charge in [-0.25, -0.2) is 0 Å². The lowest BCUT2D eigenvalue weighted by Gasteiger charge is -2.12. The number of carbonyl (C=O) groups excluding carboxylic acids is 1. The summed E-state index contributed by atoms with van der Waals surface area (Å²) in [7, 11) is 0. The maximum absolute atomic E-state index is 11.8. The van der Waals surface area contributed by atoms with Gasteiger partial charge in [0.15, 0.2) is 0 Å². The van der Waals surface area contributed by atoms with E-state index in [1.165, 1.54) is 12.3 Å². The van der Waals surface area contributed by atoms with Gasteiger partial charge in [-0.05, 0) is 24.6 Å². The van der Waals surface area contributed by atoms with Gasteiger partial charge in [0.25, 0.3) is 5.91 Å². The van der Waals surface area contributed by atoms with Gasteiger partial charge in [-0.3, -0.25) is 9.78 Å². The van der Waals surface area contributed by atoms with Gasteiger partial charge in [-0.2, -0.15) is 0 Å². The van der Waals surface area contributed by atoms with E-state index in [1.807, 2.05) is 31.2 Å². The van der Waals surface area contributed by atoms with Crippen LogP contribution in [-0.2, 0) is 0 Å². The van der Waals surface area contributed by atoms with E-state index in [0.29, 0.717) is 5.02 Å². The zero-order valence-electron chi connectivity index (χ0n) is 11.0. The summed E-state index contributed by atoms with van der Waals surface area (Å²) in [6.07, 6.45) is 0.715. The third-order valence-corrected chi connectivity index (χ3v) is 3.11. The number of aliphatic hydroxyl groups excluding tert-OH is 1. The summed E-state index contributed by atoms with van der Waals surface area (Å²) in [5.41, 5.74) is 2.11. The largest absolute Gasteiger partial charge is 0.387 e. The summed E-state index contributed by atoms with van der Waals surface area (Å²) in [5.74, 6) is -0.362. The normalized spacial score (nSPS) is 11.9. The van der Waals surface area contributed by atoms with Crippen molar-refractivity contribution >= 4 is 17.5 Å². The number of nitrogens with zero attached hydrogens (tertiary/aromatic N) is 1. The van der Waals surface area contributed by atoms with E-state index in [2.05, 4.69) is 10.3 Å². The average molecular weight is 291 g/mol. The first-order valence-electron chi connectivity index (χ1n) is 6.20. The Morgan fingerprint density at radius 2 is 2.05 bits per heavy atom. The van der Waals surface area contributed by atoms with Gasteiger partial charge in [0, 0.05) is 17.8 Å². The lowest BCUT2D eigenvalue weighted by atomic mass is 10.1. The Balaban J connectivity index is 1.94. The number of aryl methyl sites for hydroxylation is 1. The van der Waals surface area contributed by atoms with Gasteiger partial charge < -0.3 is 10.4 Å². The molecule has 1 aromatic carbocycles. The summed E-state index contributed by atoms with van der Waals surface area (Å²) in [6.45, 7) is 2.10. The van der Waals surface area contributed by atoms with E-state index in [9.17, 15) is 9.90 Å². The van der Waals surface area contributed by atoms with Crippen LogP contribution in [0, 0.1) is 6.92 Å². The number of aromatic nitrogens is 1. The number of nitrogens with one attached hydrogen (secondary N) is 1. The molecule has 1 aromatic heterocycles. The third kappa shape index (κ3) is 3.79. The van der Waals surface area contributed by atoms with Gasteiger partial charge in [0.05, 0.1) is 6.10 Å². The monoisotopic (exact) mass is 290 g/mol. The number of benzene rings is 1. The molecule has 20 heavy (non-hydrogen) atoms. The van der Waals surface area contributed by atoms with Crippen LogP contribution in [0.25, 0.3) is 0 Å². The number of amides is 1. The van der Waals surface area contributed by atoms with Gasteiger partial charge in [0.1, 0.15) is 5.69 Å². The molecular formula is C15H15ClN2O2. The van der Waals surface area contributed by atoms with E-state index < -0.39 is 6.10 Å². The van der Waals surface area contributed by atoms with E-state index in [-0.39, 0.29) is 18.1 Å². The lowest BCUT2D eigenvalue weighted by Crippen LogP contribution is -2.29. The summed E-state index contributed by atoms with van der Waals surface area (Å²) in [6, 6.07) is 10.6. The van der Waals surface area contributed by atoms with Crippen LogP contribution < -0.4 is 5.32 Å². The molecule has 104 valence electrons. The molecular weight excluding hydrogens is 276 g/mol. The van der Waals surface area contributed by atoms with Crippen LogP contribution in [0.1, 0.15) is 27.7 Å². The van der Waals surface area contributed by atoms with Gasteiger partial charge >= 0.3 is 0 Å². The first-order chi connectivity index (χ1) is 9.56. The number of aliphatic hydroxyl groups is 1. The second-order valence-electron chi connectivity index (χ2n) is 4.50. The fourth-order valence-corrected chi connectivity index (χ4v) is 1.88.